The monoisotopic (exact) mass is 410 g/mol. The Labute approximate surface area is 136 Å². The third kappa shape index (κ3) is 2.69. The molecule has 1 N–H and O–H groups in total. The number of carbonyl (C=O) groups is 1. The van der Waals surface area contributed by atoms with Crippen LogP contribution in [0.25, 0.3) is 5.76 Å². The molecule has 0 radical (unpaired) electrons. The summed E-state index contributed by atoms with van der Waals surface area (Å²) in [4.78, 5) is 12.4. The summed E-state index contributed by atoms with van der Waals surface area (Å²) in [7, 11) is 0. The lowest BCUT2D eigenvalue weighted by Gasteiger charge is -2.05. The van der Waals surface area contributed by atoms with Gasteiger partial charge in [0, 0.05) is 11.1 Å². The van der Waals surface area contributed by atoms with Crippen LogP contribution in [0, 0.1) is 0 Å². The molecule has 0 bridgehead atoms. The fraction of sp³-hybridized carbons (Fsp3) is 0. The minimum absolute atomic E-state index is 0.0975. The van der Waals surface area contributed by atoms with Crippen molar-refractivity contribution in [3.05, 3.63) is 74.5 Å². The summed E-state index contributed by atoms with van der Waals surface area (Å²) in [6.07, 6.45) is 4.97. The van der Waals surface area contributed by atoms with Crippen molar-refractivity contribution in [2.45, 2.75) is 0 Å². The van der Waals surface area contributed by atoms with Crippen molar-refractivity contribution >= 4 is 43.4 Å². The molecule has 0 saturated heterocycles. The molecule has 106 valence electrons. The zero-order valence-corrected chi connectivity index (χ0v) is 13.6. The SMILES string of the molecule is O=C(C1=CC=C/C1=C(/O)c1ccc(Br)o1)c1ccc(Br)o1. The molecule has 3 rings (SSSR count). The molecule has 0 saturated carbocycles. The second-order valence-electron chi connectivity index (χ2n) is 4.24. The van der Waals surface area contributed by atoms with Gasteiger partial charge in [-0.15, -0.1) is 0 Å². The summed E-state index contributed by atoms with van der Waals surface area (Å²) in [6.45, 7) is 0. The van der Waals surface area contributed by atoms with Crippen LogP contribution >= 0.6 is 31.9 Å². The van der Waals surface area contributed by atoms with E-state index < -0.39 is 0 Å². The van der Waals surface area contributed by atoms with Crippen LogP contribution in [-0.4, -0.2) is 10.9 Å². The smallest absolute Gasteiger partial charge is 0.228 e. The number of hydrogen-bond donors (Lipinski definition) is 1. The number of rotatable bonds is 3. The van der Waals surface area contributed by atoms with Crippen LogP contribution in [0.3, 0.4) is 0 Å². The van der Waals surface area contributed by atoms with Gasteiger partial charge in [-0.3, -0.25) is 4.79 Å². The number of furan rings is 2. The van der Waals surface area contributed by atoms with E-state index in [1.807, 2.05) is 0 Å². The molecular formula is C15H8Br2O4. The average Bonchev–Trinajstić information content (AvgIpc) is 3.17. The van der Waals surface area contributed by atoms with Gasteiger partial charge in [-0.25, -0.2) is 0 Å². The zero-order chi connectivity index (χ0) is 15.0. The first-order valence-corrected chi connectivity index (χ1v) is 7.52. The number of aliphatic hydroxyl groups is 1. The van der Waals surface area contributed by atoms with Gasteiger partial charge in [0.15, 0.2) is 26.6 Å². The Morgan fingerprint density at radius 1 is 1.00 bits per heavy atom. The van der Waals surface area contributed by atoms with Crippen molar-refractivity contribution in [1.82, 2.24) is 0 Å². The Bertz CT molecular complexity index is 805. The lowest BCUT2D eigenvalue weighted by molar-refractivity contribution is 0.101. The molecule has 21 heavy (non-hydrogen) atoms. The molecule has 2 aromatic heterocycles. The number of halogens is 2. The van der Waals surface area contributed by atoms with E-state index in [4.69, 9.17) is 8.83 Å². The van der Waals surface area contributed by atoms with Crippen molar-refractivity contribution in [2.75, 3.05) is 0 Å². The highest BCUT2D eigenvalue weighted by Gasteiger charge is 2.24. The zero-order valence-electron chi connectivity index (χ0n) is 10.5. The molecule has 1 aliphatic rings. The maximum Gasteiger partial charge on any atom is 0.228 e. The largest absolute Gasteiger partial charge is 0.504 e. The Kier molecular flexibility index (Phi) is 3.73. The van der Waals surface area contributed by atoms with Crippen molar-refractivity contribution in [2.24, 2.45) is 0 Å². The van der Waals surface area contributed by atoms with Crippen LogP contribution in [0.15, 0.2) is 71.8 Å². The van der Waals surface area contributed by atoms with Crippen LogP contribution in [0.5, 0.6) is 0 Å². The fourth-order valence-electron chi connectivity index (χ4n) is 1.97. The van der Waals surface area contributed by atoms with E-state index in [1.165, 1.54) is 0 Å². The number of carbonyl (C=O) groups excluding carboxylic acids is 1. The van der Waals surface area contributed by atoms with E-state index in [2.05, 4.69) is 31.9 Å². The number of ketones is 1. The predicted octanol–water partition coefficient (Wildman–Crippen LogP) is 5.05. The van der Waals surface area contributed by atoms with Crippen molar-refractivity contribution < 1.29 is 18.7 Å². The second kappa shape index (κ2) is 5.54. The third-order valence-corrected chi connectivity index (χ3v) is 3.77. The van der Waals surface area contributed by atoms with Crippen LogP contribution < -0.4 is 0 Å². The molecule has 2 aromatic rings. The lowest BCUT2D eigenvalue weighted by Crippen LogP contribution is -2.04. The highest BCUT2D eigenvalue weighted by molar-refractivity contribution is 9.10. The molecule has 1 aliphatic carbocycles. The third-order valence-electron chi connectivity index (χ3n) is 2.92. The summed E-state index contributed by atoms with van der Waals surface area (Å²) in [5, 5.41) is 10.3. The molecule has 6 heteroatoms. The summed E-state index contributed by atoms with van der Waals surface area (Å²) in [5.74, 6) is 0.0723. The summed E-state index contributed by atoms with van der Waals surface area (Å²) >= 11 is 6.33. The van der Waals surface area contributed by atoms with Gasteiger partial charge in [-0.1, -0.05) is 18.2 Å². The molecule has 0 unspecified atom stereocenters. The van der Waals surface area contributed by atoms with E-state index in [1.54, 1.807) is 42.5 Å². The minimum atomic E-state index is -0.308. The summed E-state index contributed by atoms with van der Waals surface area (Å²) in [6, 6.07) is 6.50. The first kappa shape index (κ1) is 14.2. The van der Waals surface area contributed by atoms with E-state index in [0.717, 1.165) is 0 Å². The highest BCUT2D eigenvalue weighted by Crippen LogP contribution is 2.31. The summed E-state index contributed by atoms with van der Waals surface area (Å²) < 4.78 is 11.5. The average molecular weight is 412 g/mol. The first-order valence-electron chi connectivity index (χ1n) is 5.94. The van der Waals surface area contributed by atoms with E-state index in [-0.39, 0.29) is 23.1 Å². The van der Waals surface area contributed by atoms with Gasteiger partial charge in [0.2, 0.25) is 5.78 Å². The first-order chi connectivity index (χ1) is 10.1. The van der Waals surface area contributed by atoms with Crippen LogP contribution in [-0.2, 0) is 0 Å². The van der Waals surface area contributed by atoms with Gasteiger partial charge < -0.3 is 13.9 Å². The van der Waals surface area contributed by atoms with E-state index in [9.17, 15) is 9.90 Å². The van der Waals surface area contributed by atoms with Gasteiger partial charge in [-0.05, 0) is 56.1 Å². The maximum atomic E-state index is 12.4. The van der Waals surface area contributed by atoms with Crippen molar-refractivity contribution in [3.8, 4) is 0 Å². The van der Waals surface area contributed by atoms with E-state index in [0.29, 0.717) is 20.5 Å². The second-order valence-corrected chi connectivity index (χ2v) is 5.80. The van der Waals surface area contributed by atoms with Crippen molar-refractivity contribution in [3.63, 3.8) is 0 Å². The van der Waals surface area contributed by atoms with Gasteiger partial charge >= 0.3 is 0 Å². The normalized spacial score (nSPS) is 16.2. The summed E-state index contributed by atoms with van der Waals surface area (Å²) in [5.41, 5.74) is 0.747. The number of aliphatic hydroxyl groups excluding tert-OH is 1. The van der Waals surface area contributed by atoms with Crippen molar-refractivity contribution in [1.29, 1.82) is 0 Å². The maximum absolute atomic E-state index is 12.4. The van der Waals surface area contributed by atoms with E-state index >= 15 is 0 Å². The van der Waals surface area contributed by atoms with Gasteiger partial charge in [0.25, 0.3) is 0 Å². The number of Topliss-reactive ketones (excluding diaryl/α,β-unsaturated/α-hetero) is 1. The molecule has 0 fully saturated rings. The number of allylic oxidation sites excluding steroid dienone is 5. The molecule has 0 amide bonds. The topological polar surface area (TPSA) is 63.6 Å². The Hall–Kier alpha value is -1.79. The quantitative estimate of drug-likeness (QED) is 0.567. The lowest BCUT2D eigenvalue weighted by atomic mass is 10.0. The molecule has 4 nitrogen and oxygen atoms in total. The highest BCUT2D eigenvalue weighted by atomic mass is 79.9. The Balaban J connectivity index is 1.99. The van der Waals surface area contributed by atoms with Crippen LogP contribution in [0.2, 0.25) is 0 Å². The molecule has 0 atom stereocenters. The molecule has 0 aliphatic heterocycles. The molecular weight excluding hydrogens is 404 g/mol. The molecule has 0 spiro atoms. The van der Waals surface area contributed by atoms with Crippen LogP contribution in [0.4, 0.5) is 0 Å². The minimum Gasteiger partial charge on any atom is -0.504 e. The fourth-order valence-corrected chi connectivity index (χ4v) is 2.58. The van der Waals surface area contributed by atoms with Gasteiger partial charge in [0.1, 0.15) is 0 Å². The Morgan fingerprint density at radius 2 is 1.62 bits per heavy atom. The predicted molar refractivity (Wildman–Crippen MR) is 83.9 cm³/mol. The number of hydrogen-bond acceptors (Lipinski definition) is 4. The molecule has 2 heterocycles. The standard InChI is InChI=1S/C15H8Br2O4/c16-12-6-4-10(20-12)14(18)8-2-1-3-9(8)15(19)11-5-7-13(17)21-11/h1-7,18H/b14-8-. The van der Waals surface area contributed by atoms with Gasteiger partial charge in [-0.2, -0.15) is 0 Å². The van der Waals surface area contributed by atoms with Gasteiger partial charge in [0.05, 0.1) is 0 Å². The molecule has 0 aromatic carbocycles. The Morgan fingerprint density at radius 3 is 2.19 bits per heavy atom. The van der Waals surface area contributed by atoms with Crippen LogP contribution in [0.1, 0.15) is 16.3 Å².